The van der Waals surface area contributed by atoms with Gasteiger partial charge in [-0.2, -0.15) is 0 Å². The Morgan fingerprint density at radius 2 is 1.96 bits per heavy atom. The molecule has 1 aliphatic heterocycles. The maximum atomic E-state index is 12.1. The second kappa shape index (κ2) is 8.26. The van der Waals surface area contributed by atoms with Crippen molar-refractivity contribution in [3.8, 4) is 0 Å². The number of carbonyl (C=O) groups is 1. The molecule has 0 radical (unpaired) electrons. The third kappa shape index (κ3) is 4.67. The van der Waals surface area contributed by atoms with Gasteiger partial charge in [-0.15, -0.1) is 0 Å². The van der Waals surface area contributed by atoms with Crippen LogP contribution in [0.4, 0.5) is 0 Å². The minimum absolute atomic E-state index is 0.167. The van der Waals surface area contributed by atoms with Crippen LogP contribution in [0.15, 0.2) is 48.7 Å². The van der Waals surface area contributed by atoms with Crippen molar-refractivity contribution in [1.29, 1.82) is 0 Å². The van der Waals surface area contributed by atoms with Gasteiger partial charge in [-0.05, 0) is 36.6 Å². The van der Waals surface area contributed by atoms with Crippen LogP contribution in [0.5, 0.6) is 0 Å². The Kier molecular flexibility index (Phi) is 5.82. The number of pyridine rings is 1. The summed E-state index contributed by atoms with van der Waals surface area (Å²) in [6, 6.07) is 15.0. The normalized spacial score (nSPS) is 18.1. The zero-order chi connectivity index (χ0) is 17.6. The van der Waals surface area contributed by atoms with Gasteiger partial charge < -0.3 is 4.90 Å². The summed E-state index contributed by atoms with van der Waals surface area (Å²) in [5.41, 5.74) is 3.59. The van der Waals surface area contributed by atoms with Crippen molar-refractivity contribution in [2.45, 2.75) is 31.7 Å². The van der Waals surface area contributed by atoms with E-state index >= 15 is 0 Å². The minimum atomic E-state index is 0.167. The van der Waals surface area contributed by atoms with E-state index in [9.17, 15) is 4.79 Å². The number of hydrogen-bond acceptors (Lipinski definition) is 3. The summed E-state index contributed by atoms with van der Waals surface area (Å²) < 4.78 is 0. The van der Waals surface area contributed by atoms with Crippen LogP contribution >= 0.6 is 0 Å². The Morgan fingerprint density at radius 3 is 2.64 bits per heavy atom. The van der Waals surface area contributed by atoms with Crippen LogP contribution in [-0.4, -0.2) is 47.9 Å². The second-order valence-electron chi connectivity index (χ2n) is 7.02. The summed E-state index contributed by atoms with van der Waals surface area (Å²) in [6.45, 7) is 1.47. The molecule has 1 fully saturated rings. The molecule has 4 nitrogen and oxygen atoms in total. The highest BCUT2D eigenvalue weighted by atomic mass is 16.2. The maximum absolute atomic E-state index is 12.1. The van der Waals surface area contributed by atoms with Crippen molar-refractivity contribution in [2.75, 3.05) is 27.2 Å². The van der Waals surface area contributed by atoms with E-state index in [0.717, 1.165) is 31.5 Å². The molecule has 0 unspecified atom stereocenters. The van der Waals surface area contributed by atoms with Gasteiger partial charge in [-0.1, -0.05) is 42.8 Å². The van der Waals surface area contributed by atoms with E-state index in [2.05, 4.69) is 46.3 Å². The topological polar surface area (TPSA) is 36.4 Å². The highest BCUT2D eigenvalue weighted by molar-refractivity contribution is 5.77. The number of carbonyl (C=O) groups excluding carboxylic acids is 1. The number of aromatic nitrogens is 1. The van der Waals surface area contributed by atoms with Gasteiger partial charge in [0.25, 0.3) is 0 Å². The van der Waals surface area contributed by atoms with Crippen molar-refractivity contribution in [2.24, 2.45) is 0 Å². The molecule has 25 heavy (non-hydrogen) atoms. The monoisotopic (exact) mass is 337 g/mol. The number of piperidine rings is 1. The number of likely N-dealkylation sites (tertiary alicyclic amines) is 1. The van der Waals surface area contributed by atoms with Gasteiger partial charge in [0.15, 0.2) is 0 Å². The molecule has 1 saturated heterocycles. The number of rotatable bonds is 5. The lowest BCUT2D eigenvalue weighted by Gasteiger charge is -2.36. The van der Waals surface area contributed by atoms with Crippen molar-refractivity contribution >= 4 is 5.91 Å². The first-order valence-electron chi connectivity index (χ1n) is 9.06. The van der Waals surface area contributed by atoms with Gasteiger partial charge in [0, 0.05) is 38.4 Å². The van der Waals surface area contributed by atoms with Gasteiger partial charge in [-0.3, -0.25) is 14.7 Å². The molecule has 132 valence electrons. The predicted octanol–water partition coefficient (Wildman–Crippen LogP) is 3.29. The fourth-order valence-corrected chi connectivity index (χ4v) is 3.42. The van der Waals surface area contributed by atoms with Gasteiger partial charge >= 0.3 is 0 Å². The number of amides is 1. The number of hydrogen-bond donors (Lipinski definition) is 0. The van der Waals surface area contributed by atoms with E-state index in [1.165, 1.54) is 17.5 Å². The van der Waals surface area contributed by atoms with Crippen LogP contribution in [0, 0.1) is 0 Å². The smallest absolute Gasteiger partial charge is 0.236 e. The lowest BCUT2D eigenvalue weighted by atomic mass is 9.96. The average Bonchev–Trinajstić information content (AvgIpc) is 2.64. The zero-order valence-corrected chi connectivity index (χ0v) is 15.2. The fraction of sp³-hybridized carbons (Fsp3) is 0.429. The van der Waals surface area contributed by atoms with E-state index in [4.69, 9.17) is 0 Å². The van der Waals surface area contributed by atoms with Crippen LogP contribution in [0.3, 0.4) is 0 Å². The number of benzene rings is 1. The van der Waals surface area contributed by atoms with E-state index in [-0.39, 0.29) is 5.91 Å². The molecular formula is C21H27N3O. The molecule has 1 aromatic heterocycles. The molecule has 0 N–H and O–H groups in total. The molecule has 2 heterocycles. The lowest BCUT2D eigenvalue weighted by Crippen LogP contribution is -2.41. The quantitative estimate of drug-likeness (QED) is 0.840. The third-order valence-corrected chi connectivity index (χ3v) is 4.91. The number of likely N-dealkylation sites (N-methyl/N-ethyl adjacent to an activating group) is 1. The fourth-order valence-electron chi connectivity index (χ4n) is 3.42. The van der Waals surface area contributed by atoms with Gasteiger partial charge in [0.1, 0.15) is 0 Å². The Labute approximate surface area is 150 Å². The van der Waals surface area contributed by atoms with Crippen molar-refractivity contribution in [3.05, 3.63) is 65.5 Å². The van der Waals surface area contributed by atoms with Crippen LogP contribution in [0.1, 0.15) is 42.1 Å². The van der Waals surface area contributed by atoms with Crippen molar-refractivity contribution in [3.63, 3.8) is 0 Å². The highest BCUT2D eigenvalue weighted by Crippen LogP contribution is 2.30. The first-order valence-corrected chi connectivity index (χ1v) is 9.06. The third-order valence-electron chi connectivity index (χ3n) is 4.91. The molecule has 1 aromatic carbocycles. The summed E-state index contributed by atoms with van der Waals surface area (Å²) in [6.07, 6.45) is 6.33. The molecule has 1 atom stereocenters. The second-order valence-corrected chi connectivity index (χ2v) is 7.02. The molecule has 0 spiro atoms. The van der Waals surface area contributed by atoms with Crippen LogP contribution in [0.2, 0.25) is 0 Å². The van der Waals surface area contributed by atoms with Gasteiger partial charge in [-0.25, -0.2) is 0 Å². The SMILES string of the molecule is CN(C)C(=O)CN1CCCC[C@@H]1c1ccc(Cc2ccccc2)nc1. The Hall–Kier alpha value is -2.20. The Balaban J connectivity index is 1.69. The largest absolute Gasteiger partial charge is 0.348 e. The molecule has 0 aliphatic carbocycles. The lowest BCUT2D eigenvalue weighted by molar-refractivity contribution is -0.130. The average molecular weight is 337 g/mol. The molecular weight excluding hydrogens is 310 g/mol. The molecule has 1 amide bonds. The van der Waals surface area contributed by atoms with Crippen molar-refractivity contribution < 1.29 is 4.79 Å². The van der Waals surface area contributed by atoms with Gasteiger partial charge in [0.05, 0.1) is 6.54 Å². The highest BCUT2D eigenvalue weighted by Gasteiger charge is 2.26. The first kappa shape index (κ1) is 17.6. The van der Waals surface area contributed by atoms with Crippen LogP contribution in [-0.2, 0) is 11.2 Å². The molecule has 3 rings (SSSR count). The molecule has 0 saturated carbocycles. The van der Waals surface area contributed by atoms with E-state index in [1.54, 1.807) is 4.90 Å². The first-order chi connectivity index (χ1) is 12.1. The van der Waals surface area contributed by atoms with E-state index in [0.29, 0.717) is 12.6 Å². The summed E-state index contributed by atoms with van der Waals surface area (Å²) in [5, 5.41) is 0. The molecule has 1 aliphatic rings. The predicted molar refractivity (Wildman–Crippen MR) is 100 cm³/mol. The van der Waals surface area contributed by atoms with Crippen LogP contribution < -0.4 is 0 Å². The van der Waals surface area contributed by atoms with Gasteiger partial charge in [0.2, 0.25) is 5.91 Å². The van der Waals surface area contributed by atoms with E-state index in [1.807, 2.05) is 26.4 Å². The molecule has 4 heteroatoms. The Morgan fingerprint density at radius 1 is 1.16 bits per heavy atom. The van der Waals surface area contributed by atoms with Crippen LogP contribution in [0.25, 0.3) is 0 Å². The summed E-state index contributed by atoms with van der Waals surface area (Å²) in [4.78, 5) is 20.8. The zero-order valence-electron chi connectivity index (χ0n) is 15.2. The minimum Gasteiger partial charge on any atom is -0.348 e. The molecule has 2 aromatic rings. The number of nitrogens with zero attached hydrogens (tertiary/aromatic N) is 3. The summed E-state index contributed by atoms with van der Waals surface area (Å²) >= 11 is 0. The van der Waals surface area contributed by atoms with Crippen molar-refractivity contribution in [1.82, 2.24) is 14.8 Å². The summed E-state index contributed by atoms with van der Waals surface area (Å²) in [7, 11) is 3.64. The summed E-state index contributed by atoms with van der Waals surface area (Å²) in [5.74, 6) is 0.167. The maximum Gasteiger partial charge on any atom is 0.236 e. The Bertz CT molecular complexity index is 682. The van der Waals surface area contributed by atoms with E-state index < -0.39 is 0 Å². The molecule has 0 bridgehead atoms. The standard InChI is InChI=1S/C21H27N3O/c1-23(2)21(25)16-24-13-7-6-10-20(24)18-11-12-19(22-15-18)14-17-8-4-3-5-9-17/h3-5,8-9,11-12,15,20H,6-7,10,13-14,16H2,1-2H3/t20-/m1/s1.